The van der Waals surface area contributed by atoms with Crippen LogP contribution in [0.15, 0.2) is 29.3 Å². The summed E-state index contributed by atoms with van der Waals surface area (Å²) < 4.78 is 0. The number of amides is 1. The van der Waals surface area contributed by atoms with Gasteiger partial charge in [0.05, 0.1) is 0 Å². The molecule has 1 aromatic rings. The Labute approximate surface area is 157 Å². The molecule has 2 fully saturated rings. The minimum absolute atomic E-state index is 0.280. The molecule has 1 aromatic carbocycles. The van der Waals surface area contributed by atoms with Crippen LogP contribution in [0.25, 0.3) is 0 Å². The van der Waals surface area contributed by atoms with Crippen molar-refractivity contribution in [1.82, 2.24) is 15.5 Å². The number of carbonyl (C=O) groups is 1. The lowest BCUT2D eigenvalue weighted by molar-refractivity contribution is -0.128. The summed E-state index contributed by atoms with van der Waals surface area (Å²) in [5.41, 5.74) is 2.42. The van der Waals surface area contributed by atoms with Crippen molar-refractivity contribution in [1.29, 1.82) is 0 Å². The highest BCUT2D eigenvalue weighted by molar-refractivity contribution is 5.80. The molecule has 1 heterocycles. The molecule has 1 saturated heterocycles. The summed E-state index contributed by atoms with van der Waals surface area (Å²) in [5.74, 6) is 2.02. The molecule has 0 unspecified atom stereocenters. The fraction of sp³-hybridized carbons (Fsp3) is 0.619. The molecule has 2 aliphatic rings. The van der Waals surface area contributed by atoms with Gasteiger partial charge in [0.15, 0.2) is 5.96 Å². The highest BCUT2D eigenvalue weighted by Crippen LogP contribution is 2.23. The van der Waals surface area contributed by atoms with Gasteiger partial charge in [-0.1, -0.05) is 31.2 Å². The van der Waals surface area contributed by atoms with Crippen LogP contribution < -0.4 is 10.6 Å². The third-order valence-electron chi connectivity index (χ3n) is 5.61. The first-order chi connectivity index (χ1) is 12.6. The predicted molar refractivity (Wildman–Crippen MR) is 106 cm³/mol. The summed E-state index contributed by atoms with van der Waals surface area (Å²) >= 11 is 0. The third-order valence-corrected chi connectivity index (χ3v) is 5.61. The topological polar surface area (TPSA) is 56.7 Å². The van der Waals surface area contributed by atoms with Crippen LogP contribution in [0.4, 0.5) is 0 Å². The minimum atomic E-state index is 0.280. The summed E-state index contributed by atoms with van der Waals surface area (Å²) in [7, 11) is 1.83. The number of likely N-dealkylation sites (tertiary alicyclic amines) is 1. The van der Waals surface area contributed by atoms with Gasteiger partial charge in [0.1, 0.15) is 0 Å². The Bertz CT molecular complexity index is 617. The second-order valence-electron chi connectivity index (χ2n) is 7.76. The smallest absolute Gasteiger partial charge is 0.222 e. The van der Waals surface area contributed by atoms with E-state index < -0.39 is 0 Å². The Morgan fingerprint density at radius 2 is 1.85 bits per heavy atom. The monoisotopic (exact) mass is 356 g/mol. The summed E-state index contributed by atoms with van der Waals surface area (Å²) in [5, 5.41) is 6.97. The normalized spacial score (nSPS) is 24.0. The number of benzene rings is 1. The van der Waals surface area contributed by atoms with Gasteiger partial charge in [-0.05, 0) is 49.1 Å². The first-order valence-corrected chi connectivity index (χ1v) is 9.97. The molecule has 5 heteroatoms. The number of nitrogens with zero attached hydrogens (tertiary/aromatic N) is 2. The first kappa shape index (κ1) is 18.7. The highest BCUT2D eigenvalue weighted by Gasteiger charge is 2.20. The summed E-state index contributed by atoms with van der Waals surface area (Å²) in [6, 6.07) is 9.07. The number of guanidine groups is 1. The highest BCUT2D eigenvalue weighted by atomic mass is 16.2. The van der Waals surface area contributed by atoms with E-state index in [1.807, 2.05) is 11.9 Å². The van der Waals surface area contributed by atoms with Gasteiger partial charge in [-0.2, -0.15) is 0 Å². The van der Waals surface area contributed by atoms with Crippen molar-refractivity contribution in [2.75, 3.05) is 13.6 Å². The summed E-state index contributed by atoms with van der Waals surface area (Å²) in [4.78, 5) is 18.0. The Morgan fingerprint density at radius 3 is 2.46 bits per heavy atom. The lowest BCUT2D eigenvalue weighted by Crippen LogP contribution is -2.44. The van der Waals surface area contributed by atoms with Crippen LogP contribution in [0.3, 0.4) is 0 Å². The zero-order valence-corrected chi connectivity index (χ0v) is 16.1. The van der Waals surface area contributed by atoms with E-state index in [1.54, 1.807) is 0 Å². The van der Waals surface area contributed by atoms with Crippen LogP contribution in [0.2, 0.25) is 0 Å². The van der Waals surface area contributed by atoms with Crippen molar-refractivity contribution in [2.24, 2.45) is 10.9 Å². The Kier molecular flexibility index (Phi) is 6.53. The number of hydrogen-bond acceptors (Lipinski definition) is 2. The van der Waals surface area contributed by atoms with Gasteiger partial charge in [0, 0.05) is 39.1 Å². The standard InChI is InChI=1S/C21H32N4O/c1-16-5-11-19(12-6-16)24-21(22-2)23-14-17-7-9-18(10-8-17)15-25-13-3-4-20(25)26/h7-10,16,19H,3-6,11-15H2,1-2H3,(H2,22,23,24). The van der Waals surface area contributed by atoms with Gasteiger partial charge in [0.25, 0.3) is 0 Å². The van der Waals surface area contributed by atoms with Crippen molar-refractivity contribution < 1.29 is 4.79 Å². The van der Waals surface area contributed by atoms with Gasteiger partial charge in [-0.15, -0.1) is 0 Å². The molecular formula is C21H32N4O. The number of nitrogens with one attached hydrogen (secondary N) is 2. The van der Waals surface area contributed by atoms with Crippen molar-refractivity contribution in [3.63, 3.8) is 0 Å². The Hall–Kier alpha value is -2.04. The number of hydrogen-bond donors (Lipinski definition) is 2. The van der Waals surface area contributed by atoms with E-state index in [9.17, 15) is 4.79 Å². The Balaban J connectivity index is 1.45. The fourth-order valence-corrected chi connectivity index (χ4v) is 3.83. The van der Waals surface area contributed by atoms with E-state index in [4.69, 9.17) is 0 Å². The van der Waals surface area contributed by atoms with Crippen molar-refractivity contribution in [2.45, 2.75) is 64.6 Å². The fourth-order valence-electron chi connectivity index (χ4n) is 3.83. The molecule has 2 N–H and O–H groups in total. The summed E-state index contributed by atoms with van der Waals surface area (Å²) in [6.45, 7) is 4.72. The predicted octanol–water partition coefficient (Wildman–Crippen LogP) is 3.05. The van der Waals surface area contributed by atoms with E-state index in [1.165, 1.54) is 36.8 Å². The maximum Gasteiger partial charge on any atom is 0.222 e. The van der Waals surface area contributed by atoms with Gasteiger partial charge in [-0.25, -0.2) is 0 Å². The average Bonchev–Trinajstić information content (AvgIpc) is 3.06. The second kappa shape index (κ2) is 9.06. The number of aliphatic imine (C=N–C) groups is 1. The molecule has 0 aromatic heterocycles. The molecule has 142 valence electrons. The van der Waals surface area contributed by atoms with Gasteiger partial charge >= 0.3 is 0 Å². The number of rotatable bonds is 5. The molecule has 1 saturated carbocycles. The summed E-state index contributed by atoms with van der Waals surface area (Å²) in [6.07, 6.45) is 6.75. The van der Waals surface area contributed by atoms with Crippen LogP contribution in [0.5, 0.6) is 0 Å². The zero-order chi connectivity index (χ0) is 18.4. The van der Waals surface area contributed by atoms with Gasteiger partial charge in [0.2, 0.25) is 5.91 Å². The van der Waals surface area contributed by atoms with Crippen LogP contribution in [-0.4, -0.2) is 36.4 Å². The first-order valence-electron chi connectivity index (χ1n) is 9.97. The molecule has 26 heavy (non-hydrogen) atoms. The molecular weight excluding hydrogens is 324 g/mol. The van der Waals surface area contributed by atoms with Crippen LogP contribution in [0, 0.1) is 5.92 Å². The van der Waals surface area contributed by atoms with E-state index in [2.05, 4.69) is 46.8 Å². The molecule has 0 bridgehead atoms. The zero-order valence-electron chi connectivity index (χ0n) is 16.1. The Morgan fingerprint density at radius 1 is 1.15 bits per heavy atom. The molecule has 3 rings (SSSR count). The maximum atomic E-state index is 11.7. The van der Waals surface area contributed by atoms with Crippen molar-refractivity contribution in [3.05, 3.63) is 35.4 Å². The van der Waals surface area contributed by atoms with Crippen LogP contribution in [-0.2, 0) is 17.9 Å². The van der Waals surface area contributed by atoms with Gasteiger partial charge in [-0.3, -0.25) is 9.79 Å². The van der Waals surface area contributed by atoms with E-state index >= 15 is 0 Å². The average molecular weight is 357 g/mol. The number of carbonyl (C=O) groups excluding carboxylic acids is 1. The minimum Gasteiger partial charge on any atom is -0.354 e. The lowest BCUT2D eigenvalue weighted by atomic mass is 9.87. The van der Waals surface area contributed by atoms with E-state index in [0.717, 1.165) is 37.9 Å². The molecule has 0 spiro atoms. The van der Waals surface area contributed by atoms with E-state index in [-0.39, 0.29) is 5.91 Å². The van der Waals surface area contributed by atoms with Gasteiger partial charge < -0.3 is 15.5 Å². The second-order valence-corrected chi connectivity index (χ2v) is 7.76. The molecule has 1 aliphatic carbocycles. The third kappa shape index (κ3) is 5.23. The van der Waals surface area contributed by atoms with Crippen LogP contribution in [0.1, 0.15) is 56.6 Å². The van der Waals surface area contributed by atoms with E-state index in [0.29, 0.717) is 12.5 Å². The SMILES string of the molecule is CN=C(NCc1ccc(CN2CCCC2=O)cc1)NC1CCC(C)CC1. The molecule has 1 aliphatic heterocycles. The molecule has 0 radical (unpaired) electrons. The van der Waals surface area contributed by atoms with Crippen LogP contribution >= 0.6 is 0 Å². The van der Waals surface area contributed by atoms with Crippen molar-refractivity contribution >= 4 is 11.9 Å². The quantitative estimate of drug-likeness (QED) is 0.630. The molecule has 1 amide bonds. The van der Waals surface area contributed by atoms with Crippen molar-refractivity contribution in [3.8, 4) is 0 Å². The maximum absolute atomic E-state index is 11.7. The molecule has 5 nitrogen and oxygen atoms in total. The largest absolute Gasteiger partial charge is 0.354 e. The molecule has 0 atom stereocenters. The lowest BCUT2D eigenvalue weighted by Gasteiger charge is -2.28.